The van der Waals surface area contributed by atoms with Gasteiger partial charge in [-0.15, -0.1) is 0 Å². The Balaban J connectivity index is 2.30. The number of nitrogens with zero attached hydrogens (tertiary/aromatic N) is 2. The van der Waals surface area contributed by atoms with Crippen LogP contribution < -0.4 is 15.8 Å². The topological polar surface area (TPSA) is 99.2 Å². The van der Waals surface area contributed by atoms with Gasteiger partial charge in [-0.05, 0) is 19.1 Å². The summed E-state index contributed by atoms with van der Waals surface area (Å²) in [6.07, 6.45) is 1.43. The van der Waals surface area contributed by atoms with Gasteiger partial charge in [-0.2, -0.15) is 13.9 Å². The second-order valence-electron chi connectivity index (χ2n) is 4.44. The minimum absolute atomic E-state index is 0.0937. The van der Waals surface area contributed by atoms with E-state index < -0.39 is 18.4 Å². The Labute approximate surface area is 130 Å². The van der Waals surface area contributed by atoms with Gasteiger partial charge in [0.15, 0.2) is 5.69 Å². The van der Waals surface area contributed by atoms with E-state index in [-0.39, 0.29) is 22.7 Å². The predicted molar refractivity (Wildman–Crippen MR) is 77.4 cm³/mol. The first kappa shape index (κ1) is 16.4. The molecule has 7 nitrogen and oxygen atoms in total. The van der Waals surface area contributed by atoms with Crippen LogP contribution in [0.2, 0.25) is 0 Å². The Morgan fingerprint density at radius 2 is 2.09 bits per heavy atom. The number of hydrogen-bond acceptors (Lipinski definition) is 4. The van der Waals surface area contributed by atoms with Gasteiger partial charge < -0.3 is 15.8 Å². The number of hydrogen-bond donors (Lipinski definition) is 2. The van der Waals surface area contributed by atoms with Crippen molar-refractivity contribution in [1.29, 1.82) is 0 Å². The number of anilines is 1. The molecule has 0 aliphatic heterocycles. The van der Waals surface area contributed by atoms with Crippen LogP contribution in [0.25, 0.3) is 0 Å². The minimum atomic E-state index is -3.06. The molecule has 1 aromatic carbocycles. The molecule has 0 saturated carbocycles. The van der Waals surface area contributed by atoms with Crippen molar-refractivity contribution in [2.75, 3.05) is 5.32 Å². The molecule has 0 bridgehead atoms. The van der Waals surface area contributed by atoms with Crippen molar-refractivity contribution in [1.82, 2.24) is 9.78 Å². The number of para-hydroxylation sites is 1. The van der Waals surface area contributed by atoms with Crippen LogP contribution in [-0.4, -0.2) is 28.2 Å². The third-order valence-corrected chi connectivity index (χ3v) is 2.92. The quantitative estimate of drug-likeness (QED) is 0.847. The van der Waals surface area contributed by atoms with Gasteiger partial charge in [0.2, 0.25) is 0 Å². The van der Waals surface area contributed by atoms with Gasteiger partial charge in [-0.25, -0.2) is 0 Å². The second kappa shape index (κ2) is 6.86. The fourth-order valence-electron chi connectivity index (χ4n) is 1.90. The summed E-state index contributed by atoms with van der Waals surface area (Å²) in [5.74, 6) is -1.81. The van der Waals surface area contributed by atoms with E-state index in [9.17, 15) is 18.4 Å². The maximum absolute atomic E-state index is 12.4. The zero-order valence-electron chi connectivity index (χ0n) is 12.1. The van der Waals surface area contributed by atoms with Gasteiger partial charge >= 0.3 is 6.61 Å². The molecule has 0 unspecified atom stereocenters. The fourth-order valence-corrected chi connectivity index (χ4v) is 1.90. The van der Waals surface area contributed by atoms with E-state index in [1.165, 1.54) is 35.1 Å². The summed E-state index contributed by atoms with van der Waals surface area (Å²) in [7, 11) is 0. The lowest BCUT2D eigenvalue weighted by Gasteiger charge is -2.10. The molecule has 0 aliphatic carbocycles. The predicted octanol–water partition coefficient (Wildman–Crippen LogP) is 1.86. The number of nitrogens with one attached hydrogen (secondary N) is 1. The van der Waals surface area contributed by atoms with Crippen LogP contribution in [0.3, 0.4) is 0 Å². The fraction of sp³-hybridized carbons (Fsp3) is 0.214. The zero-order chi connectivity index (χ0) is 17.0. The Bertz CT molecular complexity index is 731. The van der Waals surface area contributed by atoms with E-state index in [0.717, 1.165) is 0 Å². The third-order valence-electron chi connectivity index (χ3n) is 2.92. The average Bonchev–Trinajstić information content (AvgIpc) is 2.90. The van der Waals surface area contributed by atoms with E-state index in [2.05, 4.69) is 15.2 Å². The molecule has 0 atom stereocenters. The molecule has 9 heteroatoms. The number of aryl methyl sites for hydroxylation is 1. The van der Waals surface area contributed by atoms with Crippen LogP contribution in [-0.2, 0) is 6.54 Å². The molecule has 0 radical (unpaired) electrons. The molecule has 1 heterocycles. The first-order valence-electron chi connectivity index (χ1n) is 6.64. The summed E-state index contributed by atoms with van der Waals surface area (Å²) in [5.41, 5.74) is 5.07. The maximum atomic E-state index is 12.4. The van der Waals surface area contributed by atoms with E-state index in [1.54, 1.807) is 6.92 Å². The van der Waals surface area contributed by atoms with Crippen LogP contribution in [0.4, 0.5) is 14.5 Å². The average molecular weight is 324 g/mol. The van der Waals surface area contributed by atoms with E-state index >= 15 is 0 Å². The highest BCUT2D eigenvalue weighted by molar-refractivity contribution is 6.09. The van der Waals surface area contributed by atoms with Crippen LogP contribution in [0.1, 0.15) is 27.8 Å². The highest BCUT2D eigenvalue weighted by Crippen LogP contribution is 2.22. The molecule has 3 N–H and O–H groups in total. The number of carbonyl (C=O) groups excluding carboxylic acids is 2. The summed E-state index contributed by atoms with van der Waals surface area (Å²) in [6, 6.07) is 5.52. The van der Waals surface area contributed by atoms with Gasteiger partial charge in [-0.3, -0.25) is 14.3 Å². The van der Waals surface area contributed by atoms with E-state index in [4.69, 9.17) is 5.73 Å². The van der Waals surface area contributed by atoms with Crippen molar-refractivity contribution in [2.45, 2.75) is 20.1 Å². The zero-order valence-corrected chi connectivity index (χ0v) is 12.1. The van der Waals surface area contributed by atoms with Crippen LogP contribution in [0.15, 0.2) is 30.5 Å². The largest absolute Gasteiger partial charge is 0.434 e. The molecule has 0 spiro atoms. The summed E-state index contributed by atoms with van der Waals surface area (Å²) in [5, 5.41) is 6.35. The number of rotatable bonds is 6. The summed E-state index contributed by atoms with van der Waals surface area (Å²) >= 11 is 0. The Hall–Kier alpha value is -2.97. The molecule has 2 rings (SSSR count). The van der Waals surface area contributed by atoms with E-state index in [1.807, 2.05) is 0 Å². The molecule has 122 valence electrons. The van der Waals surface area contributed by atoms with Crippen molar-refractivity contribution in [3.63, 3.8) is 0 Å². The molecule has 0 fully saturated rings. The van der Waals surface area contributed by atoms with E-state index in [0.29, 0.717) is 6.54 Å². The normalized spacial score (nSPS) is 10.6. The second-order valence-corrected chi connectivity index (χ2v) is 4.44. The van der Waals surface area contributed by atoms with Crippen LogP contribution >= 0.6 is 0 Å². The Morgan fingerprint density at radius 3 is 2.70 bits per heavy atom. The summed E-state index contributed by atoms with van der Waals surface area (Å²) in [4.78, 5) is 23.6. The van der Waals surface area contributed by atoms with Crippen molar-refractivity contribution >= 4 is 17.5 Å². The lowest BCUT2D eigenvalue weighted by molar-refractivity contribution is -0.0501. The monoisotopic (exact) mass is 324 g/mol. The number of primary amides is 1. The number of aromatic nitrogens is 2. The SMILES string of the molecule is CCn1cc(NC(=O)c2ccccc2OC(F)F)c(C(N)=O)n1. The molecule has 1 aromatic heterocycles. The lowest BCUT2D eigenvalue weighted by Crippen LogP contribution is -2.19. The maximum Gasteiger partial charge on any atom is 0.387 e. The van der Waals surface area contributed by atoms with Crippen molar-refractivity contribution in [2.24, 2.45) is 5.73 Å². The van der Waals surface area contributed by atoms with Crippen molar-refractivity contribution < 1.29 is 23.1 Å². The van der Waals surface area contributed by atoms with Crippen LogP contribution in [0.5, 0.6) is 5.75 Å². The van der Waals surface area contributed by atoms with Crippen LogP contribution in [0, 0.1) is 0 Å². The third kappa shape index (κ3) is 3.82. The van der Waals surface area contributed by atoms with Gasteiger partial charge in [0.1, 0.15) is 5.75 Å². The number of ether oxygens (including phenoxy) is 1. The number of amides is 2. The molecule has 23 heavy (non-hydrogen) atoms. The summed E-state index contributed by atoms with van der Waals surface area (Å²) < 4.78 is 30.5. The summed E-state index contributed by atoms with van der Waals surface area (Å²) in [6.45, 7) is -0.816. The number of alkyl halides is 2. The molecule has 2 amide bonds. The lowest BCUT2D eigenvalue weighted by atomic mass is 10.2. The van der Waals surface area contributed by atoms with Gasteiger partial charge in [-0.1, -0.05) is 12.1 Å². The highest BCUT2D eigenvalue weighted by atomic mass is 19.3. The number of nitrogens with two attached hydrogens (primary N) is 1. The standard InChI is InChI=1S/C14H14F2N4O3/c1-2-20-7-9(11(19-20)12(17)21)18-13(22)8-5-3-4-6-10(8)23-14(15)16/h3-7,14H,2H2,1H3,(H2,17,21)(H,18,22). The Kier molecular flexibility index (Phi) is 4.89. The number of halogens is 2. The molecular formula is C14H14F2N4O3. The first-order chi connectivity index (χ1) is 10.9. The van der Waals surface area contributed by atoms with Gasteiger partial charge in [0.25, 0.3) is 11.8 Å². The van der Waals surface area contributed by atoms with Gasteiger partial charge in [0, 0.05) is 12.7 Å². The molecule has 0 saturated heterocycles. The smallest absolute Gasteiger partial charge is 0.387 e. The molecule has 0 aliphatic rings. The van der Waals surface area contributed by atoms with Crippen molar-refractivity contribution in [3.8, 4) is 5.75 Å². The first-order valence-corrected chi connectivity index (χ1v) is 6.64. The molecule has 2 aromatic rings. The Morgan fingerprint density at radius 1 is 1.39 bits per heavy atom. The number of benzene rings is 1. The highest BCUT2D eigenvalue weighted by Gasteiger charge is 2.20. The minimum Gasteiger partial charge on any atom is -0.434 e. The molecular weight excluding hydrogens is 310 g/mol. The van der Waals surface area contributed by atoms with Crippen molar-refractivity contribution in [3.05, 3.63) is 41.7 Å². The number of carbonyl (C=O) groups is 2. The van der Waals surface area contributed by atoms with Gasteiger partial charge in [0.05, 0.1) is 11.3 Å².